The average Bonchev–Trinajstić information content (AvgIpc) is 2.70. The van der Waals surface area contributed by atoms with Gasteiger partial charge in [-0.05, 0) is 19.8 Å². The zero-order chi connectivity index (χ0) is 13.4. The van der Waals surface area contributed by atoms with Gasteiger partial charge >= 0.3 is 0 Å². The summed E-state index contributed by atoms with van der Waals surface area (Å²) < 4.78 is 22.9. The van der Waals surface area contributed by atoms with Gasteiger partial charge in [0.15, 0.2) is 9.84 Å². The molecule has 2 atom stereocenters. The molecule has 1 unspecified atom stereocenters. The number of nitrogens with two attached hydrogens (primary N) is 1. The van der Waals surface area contributed by atoms with Crippen molar-refractivity contribution in [2.24, 2.45) is 5.73 Å². The second-order valence-electron chi connectivity index (χ2n) is 5.73. The number of carbonyl (C=O) groups excluding carboxylic acids is 1. The maximum absolute atomic E-state index is 11.9. The lowest BCUT2D eigenvalue weighted by Crippen LogP contribution is -2.50. The van der Waals surface area contributed by atoms with E-state index in [4.69, 9.17) is 5.73 Å². The third-order valence-electron chi connectivity index (χ3n) is 3.62. The van der Waals surface area contributed by atoms with E-state index in [2.05, 4.69) is 5.32 Å². The van der Waals surface area contributed by atoms with Crippen LogP contribution in [0.3, 0.4) is 0 Å². The van der Waals surface area contributed by atoms with Gasteiger partial charge in [0.05, 0.1) is 23.6 Å². The highest BCUT2D eigenvalue weighted by Gasteiger charge is 2.39. The molecule has 2 fully saturated rings. The Bertz CT molecular complexity index is 437. The quantitative estimate of drug-likeness (QED) is 0.669. The highest BCUT2D eigenvalue weighted by Crippen LogP contribution is 2.22. The zero-order valence-electron chi connectivity index (χ0n) is 10.7. The van der Waals surface area contributed by atoms with Crippen molar-refractivity contribution < 1.29 is 13.2 Å². The maximum atomic E-state index is 11.9. The lowest BCUT2D eigenvalue weighted by atomic mass is 10.0. The van der Waals surface area contributed by atoms with E-state index >= 15 is 0 Å². The molecular weight excluding hydrogens is 254 g/mol. The van der Waals surface area contributed by atoms with Crippen LogP contribution in [-0.2, 0) is 14.6 Å². The van der Waals surface area contributed by atoms with E-state index in [-0.39, 0.29) is 23.5 Å². The van der Waals surface area contributed by atoms with E-state index < -0.39 is 15.4 Å². The van der Waals surface area contributed by atoms with Crippen LogP contribution in [0.25, 0.3) is 0 Å². The lowest BCUT2D eigenvalue weighted by molar-refractivity contribution is -0.123. The number of carbonyl (C=O) groups is 1. The van der Waals surface area contributed by atoms with E-state index in [1.54, 1.807) is 6.92 Å². The number of nitrogens with one attached hydrogen (secondary N) is 1. The molecule has 2 aliphatic rings. The van der Waals surface area contributed by atoms with E-state index in [1.165, 1.54) is 0 Å². The standard InChI is InChI=1S/C11H21N3O3S/c1-11(3-5-18(16,17)8-11)13-10(15)7-14-4-2-9(12)6-14/h9H,2-8,12H2,1H3,(H,13,15)/t9-,11?/m1/s1. The predicted molar refractivity (Wildman–Crippen MR) is 68.9 cm³/mol. The van der Waals surface area contributed by atoms with Crippen LogP contribution in [0.2, 0.25) is 0 Å². The molecule has 0 spiro atoms. The van der Waals surface area contributed by atoms with Crippen molar-refractivity contribution in [1.29, 1.82) is 0 Å². The van der Waals surface area contributed by atoms with Crippen molar-refractivity contribution in [3.05, 3.63) is 0 Å². The molecule has 0 saturated carbocycles. The smallest absolute Gasteiger partial charge is 0.234 e. The van der Waals surface area contributed by atoms with Crippen molar-refractivity contribution in [3.8, 4) is 0 Å². The third-order valence-corrected chi connectivity index (χ3v) is 5.52. The summed E-state index contributed by atoms with van der Waals surface area (Å²) in [5.74, 6) is 0.104. The highest BCUT2D eigenvalue weighted by atomic mass is 32.2. The molecule has 2 saturated heterocycles. The normalized spacial score (nSPS) is 35.8. The van der Waals surface area contributed by atoms with Crippen LogP contribution in [0.4, 0.5) is 0 Å². The van der Waals surface area contributed by atoms with Gasteiger partial charge in [0, 0.05) is 19.1 Å². The number of hydrogen-bond acceptors (Lipinski definition) is 5. The SMILES string of the molecule is CC1(NC(=O)CN2CC[C@@H](N)C2)CCS(=O)(=O)C1. The molecule has 0 aromatic rings. The van der Waals surface area contributed by atoms with Gasteiger partial charge in [-0.1, -0.05) is 0 Å². The van der Waals surface area contributed by atoms with Crippen molar-refractivity contribution in [2.75, 3.05) is 31.1 Å². The zero-order valence-corrected chi connectivity index (χ0v) is 11.5. The van der Waals surface area contributed by atoms with Gasteiger partial charge in [-0.3, -0.25) is 9.69 Å². The first-order chi connectivity index (χ1) is 8.28. The minimum atomic E-state index is -2.98. The molecule has 104 valence electrons. The van der Waals surface area contributed by atoms with Crippen LogP contribution in [0, 0.1) is 0 Å². The molecular formula is C11H21N3O3S. The molecule has 2 heterocycles. The second kappa shape index (κ2) is 4.79. The molecule has 7 heteroatoms. The first kappa shape index (κ1) is 13.8. The number of rotatable bonds is 3. The molecule has 1 amide bonds. The van der Waals surface area contributed by atoms with Gasteiger partial charge < -0.3 is 11.1 Å². The summed E-state index contributed by atoms with van der Waals surface area (Å²) in [6, 6.07) is 0.153. The summed E-state index contributed by atoms with van der Waals surface area (Å²) in [4.78, 5) is 13.9. The van der Waals surface area contributed by atoms with Crippen LogP contribution in [0.1, 0.15) is 19.8 Å². The van der Waals surface area contributed by atoms with E-state index in [0.29, 0.717) is 13.0 Å². The molecule has 18 heavy (non-hydrogen) atoms. The fourth-order valence-electron chi connectivity index (χ4n) is 2.69. The Hall–Kier alpha value is -0.660. The van der Waals surface area contributed by atoms with Gasteiger partial charge in [-0.15, -0.1) is 0 Å². The minimum absolute atomic E-state index is 0.0469. The first-order valence-corrected chi connectivity index (χ1v) is 8.10. The van der Waals surface area contributed by atoms with Crippen molar-refractivity contribution >= 4 is 15.7 Å². The Morgan fingerprint density at radius 1 is 1.56 bits per heavy atom. The largest absolute Gasteiger partial charge is 0.349 e. The number of likely N-dealkylation sites (tertiary alicyclic amines) is 1. The van der Waals surface area contributed by atoms with Crippen molar-refractivity contribution in [1.82, 2.24) is 10.2 Å². The van der Waals surface area contributed by atoms with E-state index in [9.17, 15) is 13.2 Å². The summed E-state index contributed by atoms with van der Waals surface area (Å²) in [6.45, 7) is 3.68. The average molecular weight is 275 g/mol. The number of sulfone groups is 1. The second-order valence-corrected chi connectivity index (χ2v) is 7.92. The fourth-order valence-corrected chi connectivity index (χ4v) is 4.79. The van der Waals surface area contributed by atoms with Crippen LogP contribution >= 0.6 is 0 Å². The molecule has 0 aromatic heterocycles. The van der Waals surface area contributed by atoms with Crippen LogP contribution in [0.5, 0.6) is 0 Å². The molecule has 0 aliphatic carbocycles. The molecule has 2 rings (SSSR count). The fraction of sp³-hybridized carbons (Fsp3) is 0.909. The molecule has 0 radical (unpaired) electrons. The molecule has 6 nitrogen and oxygen atoms in total. The summed E-state index contributed by atoms with van der Waals surface area (Å²) in [6.07, 6.45) is 1.42. The Kier molecular flexibility index (Phi) is 3.66. The van der Waals surface area contributed by atoms with E-state index in [1.807, 2.05) is 4.90 Å². The Morgan fingerprint density at radius 3 is 2.78 bits per heavy atom. The van der Waals surface area contributed by atoms with Gasteiger partial charge in [0.25, 0.3) is 0 Å². The molecule has 0 aromatic carbocycles. The Morgan fingerprint density at radius 2 is 2.28 bits per heavy atom. The van der Waals surface area contributed by atoms with Crippen LogP contribution in [0.15, 0.2) is 0 Å². The number of nitrogens with zero attached hydrogens (tertiary/aromatic N) is 1. The third kappa shape index (κ3) is 3.43. The monoisotopic (exact) mass is 275 g/mol. The lowest BCUT2D eigenvalue weighted by Gasteiger charge is -2.25. The summed E-state index contributed by atoms with van der Waals surface area (Å²) in [5, 5.41) is 2.85. The van der Waals surface area contributed by atoms with Gasteiger partial charge in [0.1, 0.15) is 0 Å². The van der Waals surface area contributed by atoms with Crippen molar-refractivity contribution in [2.45, 2.75) is 31.3 Å². The summed E-state index contributed by atoms with van der Waals surface area (Å²) in [5.41, 5.74) is 5.17. The van der Waals surface area contributed by atoms with Gasteiger partial charge in [-0.2, -0.15) is 0 Å². The highest BCUT2D eigenvalue weighted by molar-refractivity contribution is 7.91. The Balaban J connectivity index is 1.84. The summed E-state index contributed by atoms with van der Waals surface area (Å²) in [7, 11) is -2.98. The number of amides is 1. The van der Waals surface area contributed by atoms with Gasteiger partial charge in [-0.25, -0.2) is 8.42 Å². The van der Waals surface area contributed by atoms with Crippen LogP contribution in [-0.4, -0.2) is 61.9 Å². The minimum Gasteiger partial charge on any atom is -0.349 e. The first-order valence-electron chi connectivity index (χ1n) is 6.27. The van der Waals surface area contributed by atoms with Crippen LogP contribution < -0.4 is 11.1 Å². The Labute approximate surface area is 108 Å². The molecule has 3 N–H and O–H groups in total. The predicted octanol–water partition coefficient (Wildman–Crippen LogP) is -1.29. The molecule has 2 aliphatic heterocycles. The summed E-state index contributed by atoms with van der Waals surface area (Å²) >= 11 is 0. The molecule has 0 bridgehead atoms. The van der Waals surface area contributed by atoms with Crippen molar-refractivity contribution in [3.63, 3.8) is 0 Å². The van der Waals surface area contributed by atoms with Gasteiger partial charge in [0.2, 0.25) is 5.91 Å². The number of hydrogen-bond donors (Lipinski definition) is 2. The maximum Gasteiger partial charge on any atom is 0.234 e. The topological polar surface area (TPSA) is 92.5 Å². The van der Waals surface area contributed by atoms with E-state index in [0.717, 1.165) is 19.5 Å².